The molecule has 1 aliphatic heterocycles. The average molecular weight is 215 g/mol. The minimum Gasteiger partial charge on any atom is -0.361 e. The highest BCUT2D eigenvalue weighted by atomic mass is 15.1. The number of fused-ring (bicyclic) bond motifs is 1. The van der Waals surface area contributed by atoms with Crippen molar-refractivity contribution in [3.05, 3.63) is 36.0 Å². The maximum Gasteiger partial charge on any atom is 0.0494 e. The Bertz CT molecular complexity index is 489. The highest BCUT2D eigenvalue weighted by Gasteiger charge is 2.23. The van der Waals surface area contributed by atoms with Gasteiger partial charge in [-0.3, -0.25) is 0 Å². The second-order valence-electron chi connectivity index (χ2n) is 4.46. The van der Waals surface area contributed by atoms with E-state index in [0.717, 1.165) is 13.1 Å². The molecule has 0 amide bonds. The van der Waals surface area contributed by atoms with Gasteiger partial charge in [-0.15, -0.1) is 0 Å². The number of hydrogen-bond donors (Lipinski definition) is 3. The standard InChI is InChI=1S/C13H17N3/c1-9-13(15-7-6-14-9)11-8-16-12-5-3-2-4-10(11)12/h2-5,8-9,13-16H,6-7H2,1H3. The van der Waals surface area contributed by atoms with Crippen molar-refractivity contribution in [3.8, 4) is 0 Å². The van der Waals surface area contributed by atoms with Gasteiger partial charge in [-0.2, -0.15) is 0 Å². The van der Waals surface area contributed by atoms with Gasteiger partial charge in [-0.1, -0.05) is 18.2 Å². The molecule has 1 aromatic heterocycles. The molecule has 3 N–H and O–H groups in total. The molecule has 1 saturated heterocycles. The zero-order chi connectivity index (χ0) is 11.0. The number of H-pyrrole nitrogens is 1. The molecule has 2 aromatic rings. The molecule has 0 saturated carbocycles. The largest absolute Gasteiger partial charge is 0.361 e. The van der Waals surface area contributed by atoms with Crippen molar-refractivity contribution in [3.63, 3.8) is 0 Å². The van der Waals surface area contributed by atoms with Crippen molar-refractivity contribution < 1.29 is 0 Å². The van der Waals surface area contributed by atoms with E-state index in [1.807, 2.05) is 0 Å². The van der Waals surface area contributed by atoms with Gasteiger partial charge in [0.15, 0.2) is 0 Å². The number of rotatable bonds is 1. The van der Waals surface area contributed by atoms with Crippen LogP contribution in [0.15, 0.2) is 30.5 Å². The van der Waals surface area contributed by atoms with E-state index < -0.39 is 0 Å². The van der Waals surface area contributed by atoms with Gasteiger partial charge in [-0.25, -0.2) is 0 Å². The van der Waals surface area contributed by atoms with Crippen LogP contribution in [0.4, 0.5) is 0 Å². The first-order chi connectivity index (χ1) is 7.86. The summed E-state index contributed by atoms with van der Waals surface area (Å²) in [7, 11) is 0. The Morgan fingerprint density at radius 1 is 1.12 bits per heavy atom. The molecule has 2 atom stereocenters. The van der Waals surface area contributed by atoms with E-state index >= 15 is 0 Å². The van der Waals surface area contributed by atoms with Crippen molar-refractivity contribution >= 4 is 10.9 Å². The Morgan fingerprint density at radius 3 is 2.81 bits per heavy atom. The molecule has 0 bridgehead atoms. The van der Waals surface area contributed by atoms with Crippen LogP contribution in [0.5, 0.6) is 0 Å². The highest BCUT2D eigenvalue weighted by molar-refractivity contribution is 5.83. The minimum atomic E-state index is 0.407. The summed E-state index contributed by atoms with van der Waals surface area (Å²) < 4.78 is 0. The molecule has 3 heteroatoms. The van der Waals surface area contributed by atoms with E-state index in [4.69, 9.17) is 0 Å². The van der Waals surface area contributed by atoms with Crippen molar-refractivity contribution in [2.45, 2.75) is 19.0 Å². The van der Waals surface area contributed by atoms with Crippen molar-refractivity contribution in [1.82, 2.24) is 15.6 Å². The van der Waals surface area contributed by atoms with Crippen LogP contribution in [0.1, 0.15) is 18.5 Å². The number of piperazine rings is 1. The number of para-hydroxylation sites is 1. The monoisotopic (exact) mass is 215 g/mol. The summed E-state index contributed by atoms with van der Waals surface area (Å²) in [4.78, 5) is 3.34. The van der Waals surface area contributed by atoms with Crippen LogP contribution in [0.3, 0.4) is 0 Å². The number of benzene rings is 1. The summed E-state index contributed by atoms with van der Waals surface area (Å²) in [5.74, 6) is 0. The van der Waals surface area contributed by atoms with Crippen LogP contribution < -0.4 is 10.6 Å². The molecular weight excluding hydrogens is 198 g/mol. The molecule has 2 unspecified atom stereocenters. The molecule has 0 spiro atoms. The average Bonchev–Trinajstić information content (AvgIpc) is 2.74. The third-order valence-corrected chi connectivity index (χ3v) is 3.41. The number of hydrogen-bond acceptors (Lipinski definition) is 2. The summed E-state index contributed by atoms with van der Waals surface area (Å²) in [5, 5.41) is 8.42. The van der Waals surface area contributed by atoms with Gasteiger partial charge in [0.05, 0.1) is 0 Å². The normalized spacial score (nSPS) is 26.1. The van der Waals surface area contributed by atoms with Crippen molar-refractivity contribution in [1.29, 1.82) is 0 Å². The third kappa shape index (κ3) is 1.52. The van der Waals surface area contributed by atoms with Gasteiger partial charge in [0.1, 0.15) is 0 Å². The van der Waals surface area contributed by atoms with Gasteiger partial charge in [0.2, 0.25) is 0 Å². The van der Waals surface area contributed by atoms with Gasteiger partial charge < -0.3 is 15.6 Å². The first kappa shape index (κ1) is 9.87. The molecule has 2 heterocycles. The van der Waals surface area contributed by atoms with Crippen LogP contribution in [0.25, 0.3) is 10.9 Å². The summed E-state index contributed by atoms with van der Waals surface area (Å²) >= 11 is 0. The number of aromatic nitrogens is 1. The molecule has 0 radical (unpaired) electrons. The van der Waals surface area contributed by atoms with E-state index in [0.29, 0.717) is 12.1 Å². The van der Waals surface area contributed by atoms with E-state index in [1.54, 1.807) is 0 Å². The predicted octanol–water partition coefficient (Wildman–Crippen LogP) is 1.79. The minimum absolute atomic E-state index is 0.407. The second-order valence-corrected chi connectivity index (χ2v) is 4.46. The molecule has 16 heavy (non-hydrogen) atoms. The topological polar surface area (TPSA) is 39.8 Å². The molecule has 3 rings (SSSR count). The van der Waals surface area contributed by atoms with E-state index in [1.165, 1.54) is 16.5 Å². The predicted molar refractivity (Wildman–Crippen MR) is 66.5 cm³/mol. The van der Waals surface area contributed by atoms with Gasteiger partial charge >= 0.3 is 0 Å². The molecule has 3 nitrogen and oxygen atoms in total. The lowest BCUT2D eigenvalue weighted by Gasteiger charge is -2.31. The van der Waals surface area contributed by atoms with Crippen LogP contribution in [-0.4, -0.2) is 24.1 Å². The fourth-order valence-electron chi connectivity index (χ4n) is 2.55. The Morgan fingerprint density at radius 2 is 1.94 bits per heavy atom. The van der Waals surface area contributed by atoms with Crippen LogP contribution in [-0.2, 0) is 0 Å². The Hall–Kier alpha value is -1.32. The Kier molecular flexibility index (Phi) is 2.42. The number of nitrogens with one attached hydrogen (secondary N) is 3. The zero-order valence-electron chi connectivity index (χ0n) is 9.46. The van der Waals surface area contributed by atoms with Crippen LogP contribution in [0.2, 0.25) is 0 Å². The highest BCUT2D eigenvalue weighted by Crippen LogP contribution is 2.26. The smallest absolute Gasteiger partial charge is 0.0494 e. The second kappa shape index (κ2) is 3.92. The molecule has 1 aliphatic rings. The van der Waals surface area contributed by atoms with Gasteiger partial charge in [0.25, 0.3) is 0 Å². The van der Waals surface area contributed by atoms with Crippen LogP contribution >= 0.6 is 0 Å². The fraction of sp³-hybridized carbons (Fsp3) is 0.385. The maximum absolute atomic E-state index is 3.58. The maximum atomic E-state index is 3.58. The summed E-state index contributed by atoms with van der Waals surface area (Å²) in [6, 6.07) is 9.36. The van der Waals surface area contributed by atoms with Crippen molar-refractivity contribution in [2.75, 3.05) is 13.1 Å². The SMILES string of the molecule is CC1NCCNC1c1c[nH]c2ccccc12. The summed E-state index contributed by atoms with van der Waals surface area (Å²) in [6.07, 6.45) is 2.13. The summed E-state index contributed by atoms with van der Waals surface area (Å²) in [5.41, 5.74) is 2.59. The molecule has 1 fully saturated rings. The first-order valence-corrected chi connectivity index (χ1v) is 5.89. The molecule has 0 aliphatic carbocycles. The lowest BCUT2D eigenvalue weighted by molar-refractivity contribution is 0.347. The van der Waals surface area contributed by atoms with Crippen molar-refractivity contribution in [2.24, 2.45) is 0 Å². The van der Waals surface area contributed by atoms with E-state index in [-0.39, 0.29) is 0 Å². The fourth-order valence-corrected chi connectivity index (χ4v) is 2.55. The lowest BCUT2D eigenvalue weighted by atomic mass is 9.98. The summed E-state index contributed by atoms with van der Waals surface area (Å²) in [6.45, 7) is 4.33. The Balaban J connectivity index is 2.04. The van der Waals surface area contributed by atoms with Gasteiger partial charge in [0, 0.05) is 42.3 Å². The van der Waals surface area contributed by atoms with E-state index in [2.05, 4.69) is 53.0 Å². The molecule has 1 aromatic carbocycles. The molecular formula is C13H17N3. The Labute approximate surface area is 95.2 Å². The number of aromatic amines is 1. The van der Waals surface area contributed by atoms with Crippen LogP contribution in [0, 0.1) is 0 Å². The zero-order valence-corrected chi connectivity index (χ0v) is 9.46. The molecule has 84 valence electrons. The first-order valence-electron chi connectivity index (χ1n) is 5.89. The third-order valence-electron chi connectivity index (χ3n) is 3.41. The van der Waals surface area contributed by atoms with E-state index in [9.17, 15) is 0 Å². The lowest BCUT2D eigenvalue weighted by Crippen LogP contribution is -2.48. The quantitative estimate of drug-likeness (QED) is 0.678. The van der Waals surface area contributed by atoms with Gasteiger partial charge in [-0.05, 0) is 18.6 Å².